The first-order valence-electron chi connectivity index (χ1n) is 4.67. The van der Waals surface area contributed by atoms with Crippen LogP contribution >= 0.6 is 23.2 Å². The number of halogens is 2. The molecule has 0 aliphatic carbocycles. The van der Waals surface area contributed by atoms with E-state index in [2.05, 4.69) is 4.74 Å². The zero-order valence-electron chi connectivity index (χ0n) is 8.70. The lowest BCUT2D eigenvalue weighted by molar-refractivity contribution is -0.140. The molecular weight excluding hydrogens is 253 g/mol. The maximum absolute atomic E-state index is 11.5. The summed E-state index contributed by atoms with van der Waals surface area (Å²) < 4.78 is 5.87. The van der Waals surface area contributed by atoms with E-state index in [1.54, 1.807) is 0 Å². The van der Waals surface area contributed by atoms with E-state index in [4.69, 9.17) is 23.2 Å². The van der Waals surface area contributed by atoms with Gasteiger partial charge in [0.25, 0.3) is 5.56 Å². The molecule has 0 radical (unpaired) electrons. The topological polar surface area (TPSA) is 48.3 Å². The molecule has 0 aliphatic rings. The average molecular weight is 264 g/mol. The first-order chi connectivity index (χ1) is 7.54. The molecule has 1 rings (SSSR count). The minimum absolute atomic E-state index is 0.0746. The van der Waals surface area contributed by atoms with Crippen LogP contribution in [-0.4, -0.2) is 17.6 Å². The molecule has 0 aliphatic heterocycles. The Hall–Kier alpha value is -1.00. The van der Waals surface area contributed by atoms with Gasteiger partial charge in [0, 0.05) is 19.2 Å². The van der Waals surface area contributed by atoms with Crippen molar-refractivity contribution in [3.05, 3.63) is 32.7 Å². The van der Waals surface area contributed by atoms with Crippen LogP contribution in [0.15, 0.2) is 17.1 Å². The number of rotatable bonds is 4. The molecule has 0 fully saturated rings. The van der Waals surface area contributed by atoms with E-state index in [1.165, 1.54) is 23.9 Å². The highest BCUT2D eigenvalue weighted by atomic mass is 35.5. The Morgan fingerprint density at radius 2 is 2.19 bits per heavy atom. The number of nitrogens with zero attached hydrogens (tertiary/aromatic N) is 1. The summed E-state index contributed by atoms with van der Waals surface area (Å²) in [5.41, 5.74) is -0.309. The molecule has 1 aromatic heterocycles. The summed E-state index contributed by atoms with van der Waals surface area (Å²) in [5, 5.41) is 0.466. The van der Waals surface area contributed by atoms with E-state index < -0.39 is 0 Å². The highest BCUT2D eigenvalue weighted by Crippen LogP contribution is 2.11. The minimum atomic E-state index is -0.309. The highest BCUT2D eigenvalue weighted by molar-refractivity contribution is 6.34. The van der Waals surface area contributed by atoms with Gasteiger partial charge in [-0.2, -0.15) is 0 Å². The molecule has 88 valence electrons. The zero-order chi connectivity index (χ0) is 12.1. The van der Waals surface area contributed by atoms with Crippen molar-refractivity contribution < 1.29 is 9.53 Å². The summed E-state index contributed by atoms with van der Waals surface area (Å²) in [6.07, 6.45) is 2.25. The number of aromatic nitrogens is 1. The Labute approximate surface area is 103 Å². The summed E-state index contributed by atoms with van der Waals surface area (Å²) in [6, 6.07) is 1.39. The van der Waals surface area contributed by atoms with E-state index in [-0.39, 0.29) is 23.0 Å². The maximum Gasteiger partial charge on any atom is 0.305 e. The molecule has 4 nitrogen and oxygen atoms in total. The number of hydrogen-bond donors (Lipinski definition) is 0. The van der Waals surface area contributed by atoms with Gasteiger partial charge < -0.3 is 9.30 Å². The van der Waals surface area contributed by atoms with Gasteiger partial charge in [-0.15, -0.1) is 0 Å². The lowest BCUT2D eigenvalue weighted by atomic mass is 10.3. The Morgan fingerprint density at radius 3 is 2.81 bits per heavy atom. The van der Waals surface area contributed by atoms with Gasteiger partial charge in [-0.3, -0.25) is 9.59 Å². The second kappa shape index (κ2) is 5.92. The normalized spacial score (nSPS) is 10.2. The van der Waals surface area contributed by atoms with Crippen molar-refractivity contribution in [1.29, 1.82) is 0 Å². The van der Waals surface area contributed by atoms with Crippen LogP contribution in [0, 0.1) is 0 Å². The molecule has 0 amide bonds. The third-order valence-corrected chi connectivity index (χ3v) is 2.49. The molecular formula is C10H11Cl2NO3. The van der Waals surface area contributed by atoms with Gasteiger partial charge in [-0.05, 0) is 12.5 Å². The molecule has 6 heteroatoms. The lowest BCUT2D eigenvalue weighted by Gasteiger charge is -2.06. The Balaban J connectivity index is 2.67. The smallest absolute Gasteiger partial charge is 0.305 e. The van der Waals surface area contributed by atoms with E-state index in [1.807, 2.05) is 0 Å². The van der Waals surface area contributed by atoms with Gasteiger partial charge in [0.05, 0.1) is 12.1 Å². The predicted molar refractivity (Wildman–Crippen MR) is 62.0 cm³/mol. The third-order valence-electron chi connectivity index (χ3n) is 2.02. The van der Waals surface area contributed by atoms with Crippen LogP contribution in [0.4, 0.5) is 0 Å². The van der Waals surface area contributed by atoms with Crippen LogP contribution in [0.3, 0.4) is 0 Å². The molecule has 0 unspecified atom stereocenters. The summed E-state index contributed by atoms with van der Waals surface area (Å²) in [6.45, 7) is 0.383. The molecule has 16 heavy (non-hydrogen) atoms. The zero-order valence-corrected chi connectivity index (χ0v) is 10.2. The quantitative estimate of drug-likeness (QED) is 0.782. The van der Waals surface area contributed by atoms with Gasteiger partial charge in [0.2, 0.25) is 0 Å². The van der Waals surface area contributed by atoms with E-state index in [9.17, 15) is 9.59 Å². The van der Waals surface area contributed by atoms with Crippen molar-refractivity contribution in [3.63, 3.8) is 0 Å². The van der Waals surface area contributed by atoms with Gasteiger partial charge in [0.1, 0.15) is 5.02 Å². The van der Waals surface area contributed by atoms with Crippen LogP contribution in [0.25, 0.3) is 0 Å². The van der Waals surface area contributed by atoms with E-state index >= 15 is 0 Å². The van der Waals surface area contributed by atoms with E-state index in [0.717, 1.165) is 0 Å². The highest BCUT2D eigenvalue weighted by Gasteiger charge is 2.05. The monoisotopic (exact) mass is 263 g/mol. The molecule has 0 spiro atoms. The van der Waals surface area contributed by atoms with Crippen LogP contribution in [0.2, 0.25) is 10.0 Å². The molecule has 1 aromatic rings. The lowest BCUT2D eigenvalue weighted by Crippen LogP contribution is -2.20. The van der Waals surface area contributed by atoms with Gasteiger partial charge in [-0.25, -0.2) is 0 Å². The van der Waals surface area contributed by atoms with Crippen molar-refractivity contribution >= 4 is 29.2 Å². The van der Waals surface area contributed by atoms with Crippen molar-refractivity contribution in [2.24, 2.45) is 0 Å². The molecule has 0 aromatic carbocycles. The summed E-state index contributed by atoms with van der Waals surface area (Å²) in [4.78, 5) is 22.4. The number of hydrogen-bond acceptors (Lipinski definition) is 3. The fourth-order valence-corrected chi connectivity index (χ4v) is 1.74. The molecule has 0 saturated carbocycles. The number of methoxy groups -OCH3 is 1. The number of pyridine rings is 1. The average Bonchev–Trinajstić information content (AvgIpc) is 2.24. The molecule has 0 bridgehead atoms. The number of aryl methyl sites for hydroxylation is 1. The fraction of sp³-hybridized carbons (Fsp3) is 0.400. The van der Waals surface area contributed by atoms with Crippen LogP contribution in [0.1, 0.15) is 12.8 Å². The molecule has 0 saturated heterocycles. The number of ether oxygens (including phenoxy) is 1. The van der Waals surface area contributed by atoms with Gasteiger partial charge >= 0.3 is 5.97 Å². The van der Waals surface area contributed by atoms with Crippen molar-refractivity contribution in [2.75, 3.05) is 7.11 Å². The van der Waals surface area contributed by atoms with Gasteiger partial charge in [-0.1, -0.05) is 23.2 Å². The predicted octanol–water partition coefficient (Wildman–Crippen LogP) is 2.11. The largest absolute Gasteiger partial charge is 0.469 e. The molecule has 0 atom stereocenters. The Morgan fingerprint density at radius 1 is 1.50 bits per heavy atom. The Bertz CT molecular complexity index is 442. The standard InChI is InChI=1S/C10H11Cl2NO3/c1-16-9(14)3-2-4-13-6-7(11)5-8(12)10(13)15/h5-6H,2-4H2,1H3. The Kier molecular flexibility index (Phi) is 4.83. The first-order valence-corrected chi connectivity index (χ1v) is 5.42. The second-order valence-electron chi connectivity index (χ2n) is 3.18. The summed E-state index contributed by atoms with van der Waals surface area (Å²) in [7, 11) is 1.32. The third kappa shape index (κ3) is 3.54. The summed E-state index contributed by atoms with van der Waals surface area (Å²) >= 11 is 11.4. The minimum Gasteiger partial charge on any atom is -0.469 e. The van der Waals surface area contributed by atoms with E-state index in [0.29, 0.717) is 18.0 Å². The van der Waals surface area contributed by atoms with Crippen molar-refractivity contribution in [2.45, 2.75) is 19.4 Å². The number of carbonyl (C=O) groups excluding carboxylic acids is 1. The van der Waals surface area contributed by atoms with Crippen LogP contribution < -0.4 is 5.56 Å². The van der Waals surface area contributed by atoms with Crippen molar-refractivity contribution in [3.8, 4) is 0 Å². The molecule has 1 heterocycles. The summed E-state index contributed by atoms with van der Waals surface area (Å²) in [5.74, 6) is -0.304. The van der Waals surface area contributed by atoms with Crippen molar-refractivity contribution in [1.82, 2.24) is 4.57 Å². The second-order valence-corrected chi connectivity index (χ2v) is 4.03. The molecule has 0 N–H and O–H groups in total. The van der Waals surface area contributed by atoms with Crippen LogP contribution in [0.5, 0.6) is 0 Å². The first kappa shape index (κ1) is 13.1. The SMILES string of the molecule is COC(=O)CCCn1cc(Cl)cc(Cl)c1=O. The van der Waals surface area contributed by atoms with Crippen LogP contribution in [-0.2, 0) is 16.1 Å². The fourth-order valence-electron chi connectivity index (χ4n) is 1.23. The maximum atomic E-state index is 11.5. The van der Waals surface area contributed by atoms with Gasteiger partial charge in [0.15, 0.2) is 0 Å². The number of carbonyl (C=O) groups is 1. The number of esters is 1.